The number of alkyl halides is 3. The Kier molecular flexibility index (Phi) is 58.9. The minimum absolute atomic E-state index is 0. The van der Waals surface area contributed by atoms with Crippen molar-refractivity contribution in [1.82, 2.24) is 0 Å². The number of allylic oxidation sites excluding steroid dienone is 4. The molecule has 0 heterocycles. The molecule has 0 spiro atoms. The van der Waals surface area contributed by atoms with E-state index in [9.17, 15) is 13.2 Å². The molecule has 1 unspecified atom stereocenters. The molecule has 0 fully saturated rings. The molecule has 1 rings (SSSR count). The van der Waals surface area contributed by atoms with Crippen LogP contribution in [-0.4, -0.2) is 13.4 Å². The van der Waals surface area contributed by atoms with E-state index in [0.717, 1.165) is 55.8 Å². The number of unbranched alkanes of at least 4 members (excludes halogenated alkanes) is 7. The Morgan fingerprint density at radius 3 is 1.54 bits per heavy atom. The van der Waals surface area contributed by atoms with Crippen LogP contribution in [0.1, 0.15) is 192 Å². The van der Waals surface area contributed by atoms with E-state index in [1.54, 1.807) is 12.1 Å². The van der Waals surface area contributed by atoms with E-state index < -0.39 is 6.36 Å². The monoisotopic (exact) mass is 938 g/mol. The van der Waals surface area contributed by atoms with Gasteiger partial charge < -0.3 is 23.5 Å². The zero-order valence-electron chi connectivity index (χ0n) is 35.5. The maximum Gasteiger partial charge on any atom is 2.00 e. The third-order valence-corrected chi connectivity index (χ3v) is 7.20. The molecule has 0 radical (unpaired) electrons. The first kappa shape index (κ1) is 61.2. The summed E-state index contributed by atoms with van der Waals surface area (Å²) in [4.78, 5) is 2.01. The predicted molar refractivity (Wildman–Crippen MR) is 218 cm³/mol. The molecule has 1 aromatic rings. The molecule has 6 heteroatoms. The fourth-order valence-electron chi connectivity index (χ4n) is 3.57. The molecule has 0 amide bonds. The Hall–Kier alpha value is -0.858. The first-order valence-corrected chi connectivity index (χ1v) is 19.8. The Morgan fingerprint density at radius 1 is 0.760 bits per heavy atom. The fraction of sp³-hybridized carbons (Fsp3) is 0.727. The van der Waals surface area contributed by atoms with E-state index in [4.69, 9.17) is 0 Å². The molecule has 50 heavy (non-hydrogen) atoms. The summed E-state index contributed by atoms with van der Waals surface area (Å²) in [6.07, 6.45) is 20.6. The van der Waals surface area contributed by atoms with E-state index in [-0.39, 0.29) is 36.9 Å². The van der Waals surface area contributed by atoms with Crippen molar-refractivity contribution in [2.24, 2.45) is 5.92 Å². The minimum Gasteiger partial charge on any atom is -0.406 e. The van der Waals surface area contributed by atoms with Crippen molar-refractivity contribution in [2.45, 2.75) is 199 Å². The van der Waals surface area contributed by atoms with Gasteiger partial charge in [-0.15, -0.1) is 13.2 Å². The van der Waals surface area contributed by atoms with Gasteiger partial charge >= 0.3 is 37.5 Å². The third-order valence-electron chi connectivity index (χ3n) is 7.20. The van der Waals surface area contributed by atoms with Gasteiger partial charge in [-0.2, -0.15) is 12.8 Å². The average molecular weight is 938 g/mol. The molecule has 0 aromatic heterocycles. The van der Waals surface area contributed by atoms with Crippen LogP contribution in [0.2, 0.25) is 0 Å². The van der Waals surface area contributed by atoms with Crippen LogP contribution in [-0.2, 0) is 0 Å². The Bertz CT molecular complexity index is 796. The number of halogens is 3. The van der Waals surface area contributed by atoms with E-state index in [1.807, 2.05) is 18.9 Å². The van der Waals surface area contributed by atoms with Crippen LogP contribution in [0.3, 0.4) is 0 Å². The van der Waals surface area contributed by atoms with Crippen molar-refractivity contribution in [3.8, 4) is 5.75 Å². The smallest absolute Gasteiger partial charge is 0.406 e. The van der Waals surface area contributed by atoms with Gasteiger partial charge in [0, 0.05) is 18.4 Å². The third kappa shape index (κ3) is 51.5. The molecule has 296 valence electrons. The quantitative estimate of drug-likeness (QED) is 0.0877. The second-order valence-electron chi connectivity index (χ2n) is 12.4. The van der Waals surface area contributed by atoms with Crippen molar-refractivity contribution in [3.63, 3.8) is 0 Å². The number of rotatable bonds is 17. The first-order valence-electron chi connectivity index (χ1n) is 19.8. The van der Waals surface area contributed by atoms with Gasteiger partial charge in [0.1, 0.15) is 5.75 Å². The van der Waals surface area contributed by atoms with Gasteiger partial charge in [0.25, 0.3) is 0 Å². The SMILES string of the molecule is CC/C=C(C)\C=C(\CCCC)N(C)c1ccc(OC(F)(F)F)cc1.CCCC.CCCC.CCCCCC(C)CC.[CH2-]CC.[CH2-]CCCC.[U+2]. The van der Waals surface area contributed by atoms with Gasteiger partial charge in [-0.3, -0.25) is 0 Å². The van der Waals surface area contributed by atoms with E-state index >= 15 is 0 Å². The number of hydrogen-bond donors (Lipinski definition) is 0. The summed E-state index contributed by atoms with van der Waals surface area (Å²) < 4.78 is 40.6. The zero-order valence-corrected chi connectivity index (χ0v) is 39.6. The first-order chi connectivity index (χ1) is 23.2. The summed E-state index contributed by atoms with van der Waals surface area (Å²) in [5.74, 6) is 0.748. The number of ether oxygens (including phenoxy) is 1. The van der Waals surface area contributed by atoms with Crippen LogP contribution in [0.15, 0.2) is 47.7 Å². The summed E-state index contributed by atoms with van der Waals surface area (Å²) in [6.45, 7) is 33.2. The largest absolute Gasteiger partial charge is 2.00 e. The Labute approximate surface area is 336 Å². The van der Waals surface area contributed by atoms with Crippen LogP contribution in [0.25, 0.3) is 0 Å². The molecule has 0 aliphatic heterocycles. The molecule has 0 saturated heterocycles. The maximum atomic E-state index is 12.2. The number of benzene rings is 1. The van der Waals surface area contributed by atoms with E-state index in [0.29, 0.717) is 0 Å². The van der Waals surface area contributed by atoms with E-state index in [2.05, 4.69) is 107 Å². The standard InChI is InChI=1S/C19H26F3NO.C9H20.C5H11.2C4H10.C3H7.U/c1-5-7-9-17(14-15(3)8-6-2)23(4)16-10-12-18(13-11-16)24-19(20,21)22;1-4-6-7-8-9(3)5-2;1-3-5-4-2;2*1-3-4-2;1-3-2;/h8,10-14H,5-7,9H2,1-4H3;9H,4-8H2,1-3H3;1,3-5H2,2H3;2*3-4H2,1-2H3;1,3H2,2H3;/q;;-1;;;-1;+2/b15-8-,17-14-;;;;;;. The Morgan fingerprint density at radius 2 is 1.22 bits per heavy atom. The second kappa shape index (κ2) is 48.1. The molecule has 0 aliphatic carbocycles. The maximum absolute atomic E-state index is 12.2. The molecule has 0 saturated carbocycles. The van der Waals surface area contributed by atoms with Gasteiger partial charge in [-0.05, 0) is 62.4 Å². The molecule has 2 nitrogen and oxygen atoms in total. The van der Waals surface area contributed by atoms with Gasteiger partial charge in [-0.25, -0.2) is 0 Å². The molecular formula is C44H84F3NOU. The summed E-state index contributed by atoms with van der Waals surface area (Å²) >= 11 is 0. The summed E-state index contributed by atoms with van der Waals surface area (Å²) in [6, 6.07) is 5.95. The van der Waals surface area contributed by atoms with Crippen molar-refractivity contribution < 1.29 is 49.0 Å². The van der Waals surface area contributed by atoms with Crippen molar-refractivity contribution in [2.75, 3.05) is 11.9 Å². The molecular weight excluding hydrogens is 854 g/mol. The van der Waals surface area contributed by atoms with Gasteiger partial charge in [0.05, 0.1) is 0 Å². The second-order valence-corrected chi connectivity index (χ2v) is 12.4. The molecule has 0 aliphatic rings. The molecule has 1 atom stereocenters. The zero-order chi connectivity index (χ0) is 38.9. The molecule has 1 aromatic carbocycles. The fourth-order valence-corrected chi connectivity index (χ4v) is 3.57. The summed E-state index contributed by atoms with van der Waals surface area (Å²) in [5, 5.41) is 0. The van der Waals surface area contributed by atoms with Crippen LogP contribution in [0, 0.1) is 50.9 Å². The van der Waals surface area contributed by atoms with E-state index in [1.165, 1.54) is 88.3 Å². The van der Waals surface area contributed by atoms with Crippen molar-refractivity contribution in [1.29, 1.82) is 0 Å². The number of nitrogens with zero attached hydrogens (tertiary/aromatic N) is 1. The van der Waals surface area contributed by atoms with Gasteiger partial charge in [0.15, 0.2) is 0 Å². The van der Waals surface area contributed by atoms with Gasteiger partial charge in [-0.1, -0.05) is 165 Å². The normalized spacial score (nSPS) is 11.2. The summed E-state index contributed by atoms with van der Waals surface area (Å²) in [7, 11) is 1.93. The summed E-state index contributed by atoms with van der Waals surface area (Å²) in [5.41, 5.74) is 3.16. The minimum atomic E-state index is -4.67. The molecule has 0 bridgehead atoms. The van der Waals surface area contributed by atoms with Gasteiger partial charge in [0.2, 0.25) is 0 Å². The predicted octanol–water partition coefficient (Wildman–Crippen LogP) is 16.9. The van der Waals surface area contributed by atoms with Crippen LogP contribution in [0.5, 0.6) is 5.75 Å². The number of anilines is 1. The van der Waals surface area contributed by atoms with Crippen LogP contribution < -0.4 is 9.64 Å². The average Bonchev–Trinajstić information content (AvgIpc) is 3.07. The van der Waals surface area contributed by atoms with Crippen molar-refractivity contribution in [3.05, 3.63) is 61.5 Å². The van der Waals surface area contributed by atoms with Crippen molar-refractivity contribution >= 4 is 5.69 Å². The number of hydrogen-bond acceptors (Lipinski definition) is 2. The topological polar surface area (TPSA) is 12.5 Å². The van der Waals surface area contributed by atoms with Crippen LogP contribution >= 0.6 is 0 Å². The van der Waals surface area contributed by atoms with Crippen LogP contribution in [0.4, 0.5) is 18.9 Å². The Balaban J connectivity index is -0.000000152. The molecule has 0 N–H and O–H groups in total.